The minimum Gasteiger partial charge on any atom is -0.451 e. The number of hydrogen-bond donors (Lipinski definition) is 1. The Bertz CT molecular complexity index is 1800. The minimum atomic E-state index is -4.73. The maximum atomic E-state index is 14.9. The Morgan fingerprint density at radius 3 is 2.27 bits per heavy atom. The maximum absolute atomic E-state index is 14.9. The molecule has 1 aromatic heterocycles. The van der Waals surface area contributed by atoms with Gasteiger partial charge in [-0.05, 0) is 48.5 Å². The third-order valence-corrected chi connectivity index (χ3v) is 9.96. The van der Waals surface area contributed by atoms with Gasteiger partial charge in [-0.2, -0.15) is 8.61 Å². The molecule has 0 saturated heterocycles. The lowest BCUT2D eigenvalue weighted by atomic mass is 10.2. The first kappa shape index (κ1) is 30.3. The molecule has 0 radical (unpaired) electrons. The molecule has 1 amide bonds. The zero-order valence-corrected chi connectivity index (χ0v) is 23.8. The van der Waals surface area contributed by atoms with Gasteiger partial charge in [-0.15, -0.1) is 0 Å². The number of sulfonamides is 2. The molecule has 0 unspecified atom stereocenters. The summed E-state index contributed by atoms with van der Waals surface area (Å²) in [7, 11) is -7.63. The van der Waals surface area contributed by atoms with Gasteiger partial charge >= 0.3 is 0 Å². The average Bonchev–Trinajstić information content (AvgIpc) is 2.93. The number of likely N-dealkylation sites (N-methyl/N-ethyl adjacent to an activating group) is 1. The monoisotopic (exact) mass is 624 g/mol. The number of carbonyl (C=O) groups is 1. The molecule has 0 atom stereocenters. The lowest BCUT2D eigenvalue weighted by molar-refractivity contribution is -0.118. The van der Waals surface area contributed by atoms with E-state index in [1.165, 1.54) is 61.9 Å². The molecular weight excluding hydrogens is 602 g/mol. The minimum absolute atomic E-state index is 0.0374. The van der Waals surface area contributed by atoms with Gasteiger partial charge in [0.15, 0.2) is 17.4 Å². The molecule has 216 valence electrons. The van der Waals surface area contributed by atoms with Crippen LogP contribution in [0.15, 0.2) is 82.8 Å². The van der Waals surface area contributed by atoms with E-state index < -0.39 is 67.9 Å². The van der Waals surface area contributed by atoms with Crippen molar-refractivity contribution in [1.29, 1.82) is 0 Å². The van der Waals surface area contributed by atoms with E-state index in [-0.39, 0.29) is 10.6 Å². The highest BCUT2D eigenvalue weighted by molar-refractivity contribution is 7.89. The Kier molecular flexibility index (Phi) is 8.89. The fraction of sp³-hybridized carbons (Fsp3) is 0.154. The molecule has 0 aliphatic rings. The van der Waals surface area contributed by atoms with E-state index in [9.17, 15) is 30.4 Å². The molecule has 0 bridgehead atoms. The molecule has 15 heteroatoms. The molecule has 41 heavy (non-hydrogen) atoms. The number of rotatable bonds is 11. The van der Waals surface area contributed by atoms with Gasteiger partial charge in [-0.25, -0.2) is 25.6 Å². The Morgan fingerprint density at radius 2 is 1.63 bits per heavy atom. The molecule has 3 aromatic carbocycles. The van der Waals surface area contributed by atoms with Crippen molar-refractivity contribution < 1.29 is 35.1 Å². The molecule has 1 heterocycles. The maximum Gasteiger partial charge on any atom is 0.243 e. The first-order valence-electron chi connectivity index (χ1n) is 11.8. The van der Waals surface area contributed by atoms with Crippen LogP contribution in [0.5, 0.6) is 11.5 Å². The molecule has 10 nitrogen and oxygen atoms in total. The molecular formula is C26H23ClF2N4O6S2. The number of nitrogens with zero attached hydrogens (tertiary/aromatic N) is 3. The van der Waals surface area contributed by atoms with Crippen LogP contribution in [-0.2, 0) is 24.8 Å². The summed E-state index contributed by atoms with van der Waals surface area (Å²) < 4.78 is 89.7. The van der Waals surface area contributed by atoms with E-state index in [4.69, 9.17) is 22.1 Å². The number of ether oxygens (including phenoxy) is 1. The Morgan fingerprint density at radius 1 is 0.976 bits per heavy atom. The van der Waals surface area contributed by atoms with E-state index in [0.29, 0.717) is 32.2 Å². The lowest BCUT2D eigenvalue weighted by Gasteiger charge is -2.24. The van der Waals surface area contributed by atoms with Gasteiger partial charge in [0.1, 0.15) is 5.75 Å². The Balaban J connectivity index is 1.59. The van der Waals surface area contributed by atoms with Gasteiger partial charge in [-0.3, -0.25) is 9.78 Å². The summed E-state index contributed by atoms with van der Waals surface area (Å²) in [4.78, 5) is 14.8. The van der Waals surface area contributed by atoms with Crippen LogP contribution in [0.25, 0.3) is 10.8 Å². The first-order valence-corrected chi connectivity index (χ1v) is 15.1. The van der Waals surface area contributed by atoms with Crippen molar-refractivity contribution >= 4 is 48.3 Å². The molecule has 0 saturated carbocycles. The second-order valence-corrected chi connectivity index (χ2v) is 13.1. The predicted molar refractivity (Wildman–Crippen MR) is 147 cm³/mol. The topological polar surface area (TPSA) is 140 Å². The Hall–Kier alpha value is -3.69. The quantitative estimate of drug-likeness (QED) is 0.268. The van der Waals surface area contributed by atoms with Crippen molar-refractivity contribution in [2.75, 3.05) is 26.7 Å². The van der Waals surface area contributed by atoms with Crippen molar-refractivity contribution in [2.24, 2.45) is 5.73 Å². The second kappa shape index (κ2) is 12.0. The number of pyridine rings is 1. The van der Waals surface area contributed by atoms with Crippen LogP contribution in [0.2, 0.25) is 5.02 Å². The predicted octanol–water partition coefficient (Wildman–Crippen LogP) is 3.76. The summed E-state index contributed by atoms with van der Waals surface area (Å²) in [5.41, 5.74) is 5.23. The van der Waals surface area contributed by atoms with Crippen molar-refractivity contribution in [3.8, 4) is 11.5 Å². The zero-order valence-electron chi connectivity index (χ0n) is 21.4. The van der Waals surface area contributed by atoms with Crippen LogP contribution in [-0.4, -0.2) is 63.0 Å². The van der Waals surface area contributed by atoms with Crippen LogP contribution >= 0.6 is 11.6 Å². The number of fused-ring (bicyclic) bond motifs is 1. The molecule has 0 aliphatic heterocycles. The smallest absolute Gasteiger partial charge is 0.243 e. The van der Waals surface area contributed by atoms with Crippen LogP contribution in [0.4, 0.5) is 8.78 Å². The SMILES string of the molecule is CN(CCN(CC(N)=O)S(=O)(=O)c1cc(F)c(Oc2ccc(Cl)cc2)c(F)c1)S(=O)(=O)c1cccc2cnccc12. The first-order chi connectivity index (χ1) is 19.3. The van der Waals surface area contributed by atoms with Crippen LogP contribution in [0.1, 0.15) is 0 Å². The van der Waals surface area contributed by atoms with Gasteiger partial charge in [0.2, 0.25) is 26.0 Å². The van der Waals surface area contributed by atoms with Gasteiger partial charge in [0, 0.05) is 48.3 Å². The largest absolute Gasteiger partial charge is 0.451 e. The van der Waals surface area contributed by atoms with Crippen molar-refractivity contribution in [3.05, 3.63) is 89.7 Å². The number of carbonyl (C=O) groups excluding carboxylic acids is 1. The summed E-state index contributed by atoms with van der Waals surface area (Å²) in [5, 5.41) is 1.34. The van der Waals surface area contributed by atoms with Crippen molar-refractivity contribution in [2.45, 2.75) is 9.79 Å². The van der Waals surface area contributed by atoms with Gasteiger partial charge in [-0.1, -0.05) is 23.7 Å². The molecule has 0 spiro atoms. The second-order valence-electron chi connectivity index (χ2n) is 8.76. The highest BCUT2D eigenvalue weighted by atomic mass is 35.5. The number of aromatic nitrogens is 1. The number of amides is 1. The van der Waals surface area contributed by atoms with Crippen molar-refractivity contribution in [1.82, 2.24) is 13.6 Å². The number of halogens is 3. The van der Waals surface area contributed by atoms with Gasteiger partial charge in [0.25, 0.3) is 0 Å². The standard InChI is InChI=1S/C26H23ClF2N4O6S2/c1-32(41(37,38)24-4-2-3-17-15-31-10-9-21(17)24)11-12-33(16-25(30)34)40(35,36)20-13-22(28)26(23(29)14-20)39-19-7-5-18(27)6-8-19/h2-10,13-15H,11-12,16H2,1H3,(H2,30,34). The van der Waals surface area contributed by atoms with Gasteiger partial charge in [0.05, 0.1) is 16.3 Å². The van der Waals surface area contributed by atoms with Crippen LogP contribution < -0.4 is 10.5 Å². The van der Waals surface area contributed by atoms with E-state index in [2.05, 4.69) is 4.98 Å². The number of nitrogens with two attached hydrogens (primary N) is 1. The van der Waals surface area contributed by atoms with Crippen molar-refractivity contribution in [3.63, 3.8) is 0 Å². The summed E-state index contributed by atoms with van der Waals surface area (Å²) in [5.74, 6) is -4.54. The fourth-order valence-corrected chi connectivity index (χ4v) is 6.79. The molecule has 4 rings (SSSR count). The van der Waals surface area contributed by atoms with Crippen LogP contribution in [0.3, 0.4) is 0 Å². The highest BCUT2D eigenvalue weighted by Crippen LogP contribution is 2.32. The summed E-state index contributed by atoms with van der Waals surface area (Å²) in [6.45, 7) is -1.85. The number of hydrogen-bond acceptors (Lipinski definition) is 7. The molecule has 0 aliphatic carbocycles. The van der Waals surface area contributed by atoms with Gasteiger partial charge < -0.3 is 10.5 Å². The number of primary amides is 1. The normalized spacial score (nSPS) is 12.2. The lowest BCUT2D eigenvalue weighted by Crippen LogP contribution is -2.43. The molecule has 2 N–H and O–H groups in total. The molecule has 0 fully saturated rings. The van der Waals surface area contributed by atoms with E-state index in [0.717, 1.165) is 4.31 Å². The third kappa shape index (κ3) is 6.63. The van der Waals surface area contributed by atoms with E-state index in [1.807, 2.05) is 0 Å². The third-order valence-electron chi connectivity index (χ3n) is 5.97. The fourth-order valence-electron chi connectivity index (χ4n) is 3.87. The molecule has 4 aromatic rings. The average molecular weight is 625 g/mol. The van der Waals surface area contributed by atoms with E-state index >= 15 is 0 Å². The summed E-state index contributed by atoms with van der Waals surface area (Å²) in [6, 6.07) is 12.8. The number of benzene rings is 3. The Labute approximate surface area is 240 Å². The summed E-state index contributed by atoms with van der Waals surface area (Å²) >= 11 is 5.79. The zero-order chi connectivity index (χ0) is 29.9. The summed E-state index contributed by atoms with van der Waals surface area (Å²) in [6.07, 6.45) is 2.94. The van der Waals surface area contributed by atoms with E-state index in [1.54, 1.807) is 6.07 Å². The van der Waals surface area contributed by atoms with Crippen LogP contribution in [0, 0.1) is 11.6 Å². The highest BCUT2D eigenvalue weighted by Gasteiger charge is 2.31.